The van der Waals surface area contributed by atoms with Gasteiger partial charge in [-0.2, -0.15) is 0 Å². The van der Waals surface area contributed by atoms with E-state index in [0.717, 1.165) is 21.0 Å². The van der Waals surface area contributed by atoms with Gasteiger partial charge in [0.05, 0.1) is 16.4 Å². The van der Waals surface area contributed by atoms with Crippen LogP contribution in [0.2, 0.25) is 5.02 Å². The Morgan fingerprint density at radius 3 is 2.07 bits per heavy atom. The Hall–Kier alpha value is -0.673. The van der Waals surface area contributed by atoms with Crippen molar-refractivity contribution in [1.82, 2.24) is 0 Å². The van der Waals surface area contributed by atoms with Crippen LogP contribution in [0.25, 0.3) is 0 Å². The zero-order valence-electron chi connectivity index (χ0n) is 9.43. The number of rotatable bonds is 2. The van der Waals surface area contributed by atoms with Crippen molar-refractivity contribution in [2.45, 2.75) is 0 Å². The molecule has 0 radical (unpaired) electrons. The van der Waals surface area contributed by atoms with Crippen LogP contribution in [0.1, 0.15) is 0 Å². The first-order valence-corrected chi connectivity index (χ1v) is 5.96. The van der Waals surface area contributed by atoms with Gasteiger partial charge in [-0.1, -0.05) is 22.9 Å². The van der Waals surface area contributed by atoms with Crippen molar-refractivity contribution in [3.8, 4) is 0 Å². The van der Waals surface area contributed by atoms with Crippen LogP contribution in [0.4, 0.5) is 11.4 Å². The first-order chi connectivity index (χ1) is 6.45. The van der Waals surface area contributed by atoms with Crippen molar-refractivity contribution in [1.29, 1.82) is 0 Å². The number of hydrogen-bond donors (Lipinski definition) is 0. The van der Waals surface area contributed by atoms with Crippen molar-refractivity contribution < 1.29 is 0 Å². The second-order valence-electron chi connectivity index (χ2n) is 3.85. The van der Waals surface area contributed by atoms with Gasteiger partial charge in [-0.05, 0) is 6.07 Å². The minimum Gasteiger partial charge on any atom is -0.376 e. The summed E-state index contributed by atoms with van der Waals surface area (Å²) >= 11 is 6.30. The number of hydrogen-bond acceptors (Lipinski definition) is 2. The number of nitrogens with zero attached hydrogens (tertiary/aromatic N) is 2. The first-order valence-electron chi connectivity index (χ1n) is 4.59. The molecule has 78 valence electrons. The van der Waals surface area contributed by atoms with E-state index in [4.69, 9.17) is 11.6 Å². The summed E-state index contributed by atoms with van der Waals surface area (Å²) in [5.74, 6) is 0. The van der Waals surface area contributed by atoms with Crippen molar-refractivity contribution in [3.63, 3.8) is 0 Å². The third-order valence-corrected chi connectivity index (χ3v) is 3.84. The summed E-state index contributed by atoms with van der Waals surface area (Å²) in [5.41, 5.74) is 2.28. The fourth-order valence-electron chi connectivity index (χ4n) is 1.44. The lowest BCUT2D eigenvalue weighted by Gasteiger charge is -2.24. The number of benzene rings is 1. The topological polar surface area (TPSA) is 6.48 Å². The molecule has 0 amide bonds. The summed E-state index contributed by atoms with van der Waals surface area (Å²) in [7, 11) is 9.10. The predicted molar refractivity (Wildman–Crippen MR) is 69.7 cm³/mol. The van der Waals surface area contributed by atoms with E-state index in [-0.39, 0.29) is 0 Å². The Kier molecular flexibility index (Phi) is 3.45. The molecule has 4 heteroatoms. The third kappa shape index (κ3) is 2.04. The minimum absolute atomic E-state index is 0.896. The van der Waals surface area contributed by atoms with Crippen molar-refractivity contribution in [2.75, 3.05) is 38.0 Å². The molecular formula is C10H17ClN2Si. The van der Waals surface area contributed by atoms with E-state index < -0.39 is 0 Å². The average Bonchev–Trinajstić information content (AvgIpc) is 2.08. The maximum absolute atomic E-state index is 6.30. The molecule has 0 atom stereocenters. The summed E-state index contributed by atoms with van der Waals surface area (Å²) in [6, 6.07) is 4.24. The highest BCUT2D eigenvalue weighted by Crippen LogP contribution is 2.32. The largest absolute Gasteiger partial charge is 0.376 e. The lowest BCUT2D eigenvalue weighted by atomic mass is 10.2. The monoisotopic (exact) mass is 228 g/mol. The van der Waals surface area contributed by atoms with Crippen LogP contribution < -0.4 is 15.0 Å². The van der Waals surface area contributed by atoms with E-state index in [1.165, 1.54) is 10.9 Å². The van der Waals surface area contributed by atoms with Crippen molar-refractivity contribution >= 4 is 38.4 Å². The van der Waals surface area contributed by atoms with Crippen LogP contribution in [0.3, 0.4) is 0 Å². The molecule has 1 aromatic rings. The standard InChI is InChI=1S/C10H17ClN2Si/c1-12(2)7-5-6-8(14)9(11)10(7)13(3)4/h5-6H,1-4,14H3. The molecule has 1 rings (SSSR count). The smallest absolute Gasteiger partial charge is 0.0786 e. The van der Waals surface area contributed by atoms with E-state index >= 15 is 0 Å². The van der Waals surface area contributed by atoms with Gasteiger partial charge < -0.3 is 9.80 Å². The average molecular weight is 229 g/mol. The molecule has 0 unspecified atom stereocenters. The quantitative estimate of drug-likeness (QED) is 0.679. The molecule has 0 fully saturated rings. The van der Waals surface area contributed by atoms with Crippen molar-refractivity contribution in [2.24, 2.45) is 0 Å². The molecule has 0 heterocycles. The van der Waals surface area contributed by atoms with Crippen LogP contribution in [0, 0.1) is 0 Å². The van der Waals surface area contributed by atoms with E-state index in [1.54, 1.807) is 0 Å². The van der Waals surface area contributed by atoms with Gasteiger partial charge in [0.2, 0.25) is 0 Å². The Morgan fingerprint density at radius 2 is 1.64 bits per heavy atom. The SMILES string of the molecule is CN(C)c1ccc([SiH3])c(Cl)c1N(C)C. The van der Waals surface area contributed by atoms with Gasteiger partial charge >= 0.3 is 0 Å². The van der Waals surface area contributed by atoms with Crippen LogP contribution in [-0.2, 0) is 0 Å². The fourth-order valence-corrected chi connectivity index (χ4v) is 2.17. The van der Waals surface area contributed by atoms with Crippen molar-refractivity contribution in [3.05, 3.63) is 17.2 Å². The van der Waals surface area contributed by atoms with Crippen LogP contribution >= 0.6 is 11.6 Å². The molecule has 0 saturated heterocycles. The second-order valence-corrected chi connectivity index (χ2v) is 5.31. The van der Waals surface area contributed by atoms with Gasteiger partial charge in [-0.3, -0.25) is 0 Å². The van der Waals surface area contributed by atoms with E-state index in [2.05, 4.69) is 21.9 Å². The maximum Gasteiger partial charge on any atom is 0.0786 e. The Balaban J connectivity index is 3.38. The minimum atomic E-state index is 0.896. The number of halogens is 1. The Bertz CT molecular complexity index is 337. The summed E-state index contributed by atoms with van der Waals surface area (Å²) < 4.78 is 0. The molecule has 0 saturated carbocycles. The molecule has 14 heavy (non-hydrogen) atoms. The van der Waals surface area contributed by atoms with Gasteiger partial charge in [0.25, 0.3) is 0 Å². The van der Waals surface area contributed by atoms with Crippen LogP contribution in [-0.4, -0.2) is 38.4 Å². The van der Waals surface area contributed by atoms with Gasteiger partial charge in [-0.25, -0.2) is 0 Å². The normalized spacial score (nSPS) is 10.4. The lowest BCUT2D eigenvalue weighted by Crippen LogP contribution is -2.20. The number of anilines is 2. The predicted octanol–water partition coefficient (Wildman–Crippen LogP) is 0.463. The van der Waals surface area contributed by atoms with E-state index in [1.807, 2.05) is 28.2 Å². The summed E-state index contributed by atoms with van der Waals surface area (Å²) in [6.45, 7) is 0. The highest BCUT2D eigenvalue weighted by atomic mass is 35.5. The Morgan fingerprint density at radius 1 is 1.07 bits per heavy atom. The van der Waals surface area contributed by atoms with Gasteiger partial charge in [-0.15, -0.1) is 0 Å². The zero-order valence-corrected chi connectivity index (χ0v) is 12.2. The van der Waals surface area contributed by atoms with Gasteiger partial charge in [0.15, 0.2) is 0 Å². The van der Waals surface area contributed by atoms with Gasteiger partial charge in [0, 0.05) is 38.4 Å². The third-order valence-electron chi connectivity index (χ3n) is 2.22. The molecule has 0 aliphatic rings. The van der Waals surface area contributed by atoms with E-state index in [0.29, 0.717) is 0 Å². The maximum atomic E-state index is 6.30. The van der Waals surface area contributed by atoms with Crippen LogP contribution in [0.5, 0.6) is 0 Å². The molecule has 0 bridgehead atoms. The molecule has 0 aromatic heterocycles. The highest BCUT2D eigenvalue weighted by Gasteiger charge is 2.12. The summed E-state index contributed by atoms with van der Waals surface area (Å²) in [6.07, 6.45) is 0. The molecule has 2 nitrogen and oxygen atoms in total. The molecule has 0 N–H and O–H groups in total. The molecule has 0 aliphatic heterocycles. The summed E-state index contributed by atoms with van der Waals surface area (Å²) in [4.78, 5) is 4.15. The molecule has 1 aromatic carbocycles. The molecule has 0 spiro atoms. The fraction of sp³-hybridized carbons (Fsp3) is 0.400. The lowest BCUT2D eigenvalue weighted by molar-refractivity contribution is 1.08. The molecule has 0 aliphatic carbocycles. The summed E-state index contributed by atoms with van der Waals surface area (Å²) in [5, 5.41) is 2.15. The van der Waals surface area contributed by atoms with Gasteiger partial charge in [0.1, 0.15) is 0 Å². The highest BCUT2D eigenvalue weighted by molar-refractivity contribution is 6.47. The van der Waals surface area contributed by atoms with Crippen LogP contribution in [0.15, 0.2) is 12.1 Å². The zero-order chi connectivity index (χ0) is 10.9. The molecular weight excluding hydrogens is 212 g/mol. The first kappa shape index (κ1) is 11.4. The Labute approximate surface area is 93.9 Å². The van der Waals surface area contributed by atoms with E-state index in [9.17, 15) is 0 Å². The second kappa shape index (κ2) is 4.23.